The first-order valence-electron chi connectivity index (χ1n) is 6.54. The van der Waals surface area contributed by atoms with Crippen molar-refractivity contribution >= 4 is 23.6 Å². The monoisotopic (exact) mass is 277 g/mol. The number of benzene rings is 1. The Labute approximate surface area is 118 Å². The minimum Gasteiger partial charge on any atom is -0.410 e. The Morgan fingerprint density at radius 3 is 2.68 bits per heavy atom. The molecule has 0 spiro atoms. The summed E-state index contributed by atoms with van der Waals surface area (Å²) in [4.78, 5) is 16.7. The fourth-order valence-corrected chi connectivity index (χ4v) is 2.58. The van der Waals surface area contributed by atoms with Crippen LogP contribution in [0.2, 0.25) is 0 Å². The van der Waals surface area contributed by atoms with Crippen LogP contribution >= 0.6 is 11.8 Å². The van der Waals surface area contributed by atoms with Crippen molar-refractivity contribution in [1.82, 2.24) is 0 Å². The van der Waals surface area contributed by atoms with Gasteiger partial charge in [0, 0.05) is 18.6 Å². The molecule has 0 amide bonds. The van der Waals surface area contributed by atoms with Gasteiger partial charge in [-0.3, -0.25) is 0 Å². The Balaban J connectivity index is 2.17. The van der Waals surface area contributed by atoms with Crippen molar-refractivity contribution in [2.75, 3.05) is 12.0 Å². The molecule has 1 atom stereocenters. The molecule has 0 fully saturated rings. The van der Waals surface area contributed by atoms with E-state index in [-0.39, 0.29) is 5.97 Å². The highest BCUT2D eigenvalue weighted by Gasteiger charge is 2.44. The van der Waals surface area contributed by atoms with E-state index < -0.39 is 5.54 Å². The molecule has 1 aliphatic rings. The average molecular weight is 277 g/mol. The summed E-state index contributed by atoms with van der Waals surface area (Å²) in [5, 5.41) is 0. The molecule has 1 aliphatic heterocycles. The maximum absolute atomic E-state index is 12.2. The minimum absolute atomic E-state index is 0.199. The van der Waals surface area contributed by atoms with Gasteiger partial charge >= 0.3 is 5.97 Å². The van der Waals surface area contributed by atoms with Crippen LogP contribution in [-0.4, -0.2) is 29.4 Å². The Morgan fingerprint density at radius 1 is 1.32 bits per heavy atom. The van der Waals surface area contributed by atoms with Crippen molar-refractivity contribution in [3.63, 3.8) is 0 Å². The van der Waals surface area contributed by atoms with E-state index in [0.29, 0.717) is 18.7 Å². The zero-order chi connectivity index (χ0) is 13.7. The first kappa shape index (κ1) is 14.1. The number of cyclic esters (lactones) is 1. The van der Waals surface area contributed by atoms with Gasteiger partial charge in [0.25, 0.3) is 0 Å². The third-order valence-corrected chi connectivity index (χ3v) is 3.99. The second kappa shape index (κ2) is 6.24. The number of carbonyl (C=O) groups is 1. The third-order valence-electron chi connectivity index (χ3n) is 3.37. The lowest BCUT2D eigenvalue weighted by Gasteiger charge is -2.19. The number of ether oxygens (including phenoxy) is 1. The van der Waals surface area contributed by atoms with Gasteiger partial charge in [0.1, 0.15) is 0 Å². The van der Waals surface area contributed by atoms with E-state index in [2.05, 4.69) is 4.99 Å². The average Bonchev–Trinajstić information content (AvgIpc) is 2.74. The molecule has 2 rings (SSSR count). The summed E-state index contributed by atoms with van der Waals surface area (Å²) in [5.41, 5.74) is 0.408. The SMILES string of the molecule is CC[C@@]1(Cc2ccccc2)N=C(CCSC)OC1=O. The lowest BCUT2D eigenvalue weighted by Crippen LogP contribution is -2.35. The van der Waals surface area contributed by atoms with Crippen LogP contribution in [0.1, 0.15) is 25.3 Å². The number of nitrogens with zero attached hydrogens (tertiary/aromatic N) is 1. The molecular formula is C15H19NO2S. The van der Waals surface area contributed by atoms with Gasteiger partial charge in [-0.1, -0.05) is 37.3 Å². The van der Waals surface area contributed by atoms with Gasteiger partial charge in [0.2, 0.25) is 0 Å². The first-order chi connectivity index (χ1) is 9.20. The van der Waals surface area contributed by atoms with Crippen LogP contribution in [0.5, 0.6) is 0 Å². The van der Waals surface area contributed by atoms with Crippen molar-refractivity contribution in [1.29, 1.82) is 0 Å². The van der Waals surface area contributed by atoms with Crippen LogP contribution in [0.3, 0.4) is 0 Å². The fourth-order valence-electron chi connectivity index (χ4n) is 2.20. The molecule has 102 valence electrons. The molecule has 0 aromatic heterocycles. The number of thioether (sulfide) groups is 1. The second-order valence-electron chi connectivity index (χ2n) is 4.69. The molecule has 19 heavy (non-hydrogen) atoms. The number of rotatable bonds is 6. The van der Waals surface area contributed by atoms with Crippen molar-refractivity contribution in [2.24, 2.45) is 4.99 Å². The summed E-state index contributed by atoms with van der Waals surface area (Å²) in [5.74, 6) is 1.32. The van der Waals surface area contributed by atoms with Crippen molar-refractivity contribution in [2.45, 2.75) is 31.7 Å². The van der Waals surface area contributed by atoms with Gasteiger partial charge in [0.15, 0.2) is 11.4 Å². The molecule has 4 heteroatoms. The Hall–Kier alpha value is -1.29. The highest BCUT2D eigenvalue weighted by atomic mass is 32.2. The van der Waals surface area contributed by atoms with E-state index in [1.807, 2.05) is 43.5 Å². The minimum atomic E-state index is -0.713. The number of carbonyl (C=O) groups excluding carboxylic acids is 1. The first-order valence-corrected chi connectivity index (χ1v) is 7.93. The van der Waals surface area contributed by atoms with Gasteiger partial charge in [-0.2, -0.15) is 11.8 Å². The molecule has 3 nitrogen and oxygen atoms in total. The number of aliphatic imine (C=N–C) groups is 1. The van der Waals surface area contributed by atoms with Crippen molar-refractivity contribution in [3.8, 4) is 0 Å². The maximum Gasteiger partial charge on any atom is 0.340 e. The van der Waals surface area contributed by atoms with E-state index in [1.54, 1.807) is 11.8 Å². The molecule has 0 radical (unpaired) electrons. The largest absolute Gasteiger partial charge is 0.410 e. The predicted molar refractivity (Wildman–Crippen MR) is 79.7 cm³/mol. The van der Waals surface area contributed by atoms with Crippen LogP contribution in [0.15, 0.2) is 35.3 Å². The van der Waals surface area contributed by atoms with Crippen LogP contribution in [0.4, 0.5) is 0 Å². The Morgan fingerprint density at radius 2 is 2.05 bits per heavy atom. The van der Waals surface area contributed by atoms with Crippen LogP contribution in [0.25, 0.3) is 0 Å². The molecule has 1 heterocycles. The highest BCUT2D eigenvalue weighted by molar-refractivity contribution is 7.98. The van der Waals surface area contributed by atoms with E-state index in [0.717, 1.165) is 17.7 Å². The molecule has 0 aliphatic carbocycles. The zero-order valence-electron chi connectivity index (χ0n) is 11.4. The lowest BCUT2D eigenvalue weighted by molar-refractivity contribution is -0.139. The molecule has 0 unspecified atom stereocenters. The van der Waals surface area contributed by atoms with E-state index >= 15 is 0 Å². The van der Waals surface area contributed by atoms with E-state index in [9.17, 15) is 4.79 Å². The summed E-state index contributed by atoms with van der Waals surface area (Å²) in [7, 11) is 0. The summed E-state index contributed by atoms with van der Waals surface area (Å²) in [6.07, 6.45) is 4.05. The molecule has 1 aromatic carbocycles. The van der Waals surface area contributed by atoms with Gasteiger partial charge in [-0.05, 0) is 18.2 Å². The normalized spacial score (nSPS) is 22.2. The quantitative estimate of drug-likeness (QED) is 0.750. The fraction of sp³-hybridized carbons (Fsp3) is 0.467. The number of esters is 1. The topological polar surface area (TPSA) is 38.7 Å². The summed E-state index contributed by atoms with van der Waals surface area (Å²) >= 11 is 1.73. The third kappa shape index (κ3) is 3.18. The molecular weight excluding hydrogens is 258 g/mol. The van der Waals surface area contributed by atoms with Crippen molar-refractivity contribution in [3.05, 3.63) is 35.9 Å². The Bertz CT molecular complexity index is 472. The standard InChI is InChI=1S/C15H19NO2S/c1-3-15(11-12-7-5-4-6-8-12)14(17)18-13(16-15)9-10-19-2/h4-8H,3,9-11H2,1-2H3/t15-/m0/s1. The number of hydrogen-bond donors (Lipinski definition) is 0. The van der Waals surface area contributed by atoms with E-state index in [1.165, 1.54) is 0 Å². The smallest absolute Gasteiger partial charge is 0.340 e. The zero-order valence-corrected chi connectivity index (χ0v) is 12.2. The molecule has 0 N–H and O–H groups in total. The highest BCUT2D eigenvalue weighted by Crippen LogP contribution is 2.29. The lowest BCUT2D eigenvalue weighted by atomic mass is 9.89. The van der Waals surface area contributed by atoms with Gasteiger partial charge in [0.05, 0.1) is 0 Å². The molecule has 0 saturated heterocycles. The number of hydrogen-bond acceptors (Lipinski definition) is 4. The second-order valence-corrected chi connectivity index (χ2v) is 5.67. The van der Waals surface area contributed by atoms with Crippen LogP contribution < -0.4 is 0 Å². The van der Waals surface area contributed by atoms with E-state index in [4.69, 9.17) is 4.74 Å². The molecule has 0 bridgehead atoms. The van der Waals surface area contributed by atoms with Crippen LogP contribution in [-0.2, 0) is 16.0 Å². The molecule has 1 aromatic rings. The predicted octanol–water partition coefficient (Wildman–Crippen LogP) is 3.09. The van der Waals surface area contributed by atoms with Crippen molar-refractivity contribution < 1.29 is 9.53 Å². The summed E-state index contributed by atoms with van der Waals surface area (Å²) in [6.45, 7) is 1.99. The Kier molecular flexibility index (Phi) is 4.64. The van der Waals surface area contributed by atoms with Gasteiger partial charge in [-0.25, -0.2) is 9.79 Å². The summed E-state index contributed by atoms with van der Waals surface area (Å²) in [6, 6.07) is 10.00. The molecule has 0 saturated carbocycles. The van der Waals surface area contributed by atoms with Gasteiger partial charge in [-0.15, -0.1) is 0 Å². The van der Waals surface area contributed by atoms with Crippen LogP contribution in [0, 0.1) is 0 Å². The maximum atomic E-state index is 12.2. The van der Waals surface area contributed by atoms with Gasteiger partial charge < -0.3 is 4.74 Å². The summed E-state index contributed by atoms with van der Waals surface area (Å²) < 4.78 is 5.34.